The first kappa shape index (κ1) is 19.6. The van der Waals surface area contributed by atoms with E-state index in [0.717, 1.165) is 36.1 Å². The molecule has 2 rings (SSSR count). The molecule has 0 radical (unpaired) electrons. The van der Waals surface area contributed by atoms with Gasteiger partial charge in [0.1, 0.15) is 0 Å². The molecule has 5 heteroatoms. The van der Waals surface area contributed by atoms with E-state index in [1.165, 1.54) is 19.5 Å². The number of rotatable bonds is 7. The summed E-state index contributed by atoms with van der Waals surface area (Å²) < 4.78 is 0. The van der Waals surface area contributed by atoms with E-state index in [2.05, 4.69) is 24.1 Å². The third kappa shape index (κ3) is 5.98. The fourth-order valence-corrected chi connectivity index (χ4v) is 4.18. The first-order valence-corrected chi connectivity index (χ1v) is 10.4. The van der Waals surface area contributed by atoms with Gasteiger partial charge in [-0.05, 0) is 62.1 Å². The molecule has 1 fully saturated rings. The summed E-state index contributed by atoms with van der Waals surface area (Å²) in [5.74, 6) is 1.54. The van der Waals surface area contributed by atoms with E-state index < -0.39 is 0 Å². The third-order valence-corrected chi connectivity index (χ3v) is 5.60. The number of piperidine rings is 1. The van der Waals surface area contributed by atoms with Crippen LogP contribution in [0.25, 0.3) is 0 Å². The molecule has 134 valence electrons. The van der Waals surface area contributed by atoms with Gasteiger partial charge in [-0.15, -0.1) is 11.8 Å². The quantitative estimate of drug-likeness (QED) is 0.566. The van der Waals surface area contributed by atoms with Crippen LogP contribution in [0.2, 0.25) is 5.02 Å². The number of benzene rings is 1. The van der Waals surface area contributed by atoms with Crippen LogP contribution in [-0.4, -0.2) is 43.2 Å². The lowest BCUT2D eigenvalue weighted by Crippen LogP contribution is -2.39. The van der Waals surface area contributed by atoms with Gasteiger partial charge in [-0.25, -0.2) is 0 Å². The molecular weight excluding hydrogens is 340 g/mol. The van der Waals surface area contributed by atoms with Crippen LogP contribution in [0, 0.1) is 11.8 Å². The lowest BCUT2D eigenvalue weighted by atomic mass is 9.92. The number of hydrogen-bond donors (Lipinski definition) is 1. The number of halogens is 1. The van der Waals surface area contributed by atoms with E-state index in [-0.39, 0.29) is 5.91 Å². The summed E-state index contributed by atoms with van der Waals surface area (Å²) in [6.45, 7) is 8.96. The van der Waals surface area contributed by atoms with Crippen LogP contribution in [0.15, 0.2) is 23.1 Å². The lowest BCUT2D eigenvalue weighted by molar-refractivity contribution is 0.0951. The highest BCUT2D eigenvalue weighted by Crippen LogP contribution is 2.23. The van der Waals surface area contributed by atoms with Gasteiger partial charge in [-0.3, -0.25) is 4.79 Å². The molecule has 0 saturated carbocycles. The minimum Gasteiger partial charge on any atom is -0.352 e. The molecule has 0 aliphatic carbocycles. The van der Waals surface area contributed by atoms with Gasteiger partial charge >= 0.3 is 0 Å². The van der Waals surface area contributed by atoms with Gasteiger partial charge in [0.25, 0.3) is 5.91 Å². The fourth-order valence-electron chi connectivity index (χ4n) is 3.54. The Kier molecular flexibility index (Phi) is 7.92. The monoisotopic (exact) mass is 368 g/mol. The molecule has 1 saturated heterocycles. The topological polar surface area (TPSA) is 32.3 Å². The molecule has 1 N–H and O–H groups in total. The van der Waals surface area contributed by atoms with Gasteiger partial charge < -0.3 is 10.2 Å². The van der Waals surface area contributed by atoms with Crippen molar-refractivity contribution in [3.8, 4) is 0 Å². The summed E-state index contributed by atoms with van der Waals surface area (Å²) in [4.78, 5) is 15.9. The second kappa shape index (κ2) is 9.69. The number of unbranched alkanes of at least 4 members (excludes halogenated alkanes) is 1. The van der Waals surface area contributed by atoms with E-state index in [1.54, 1.807) is 17.8 Å². The average Bonchev–Trinajstić information content (AvgIpc) is 2.54. The number of hydrogen-bond acceptors (Lipinski definition) is 3. The van der Waals surface area contributed by atoms with E-state index in [4.69, 9.17) is 11.6 Å². The summed E-state index contributed by atoms with van der Waals surface area (Å²) in [6, 6.07) is 5.59. The molecule has 0 bridgehead atoms. The highest BCUT2D eigenvalue weighted by molar-refractivity contribution is 7.98. The van der Waals surface area contributed by atoms with Gasteiger partial charge in [0, 0.05) is 24.5 Å². The van der Waals surface area contributed by atoms with Gasteiger partial charge in [-0.1, -0.05) is 25.4 Å². The summed E-state index contributed by atoms with van der Waals surface area (Å²) in [5, 5.41) is 3.51. The average molecular weight is 369 g/mol. The molecule has 3 nitrogen and oxygen atoms in total. The van der Waals surface area contributed by atoms with E-state index in [9.17, 15) is 4.79 Å². The maximum atomic E-state index is 12.3. The molecule has 24 heavy (non-hydrogen) atoms. The second-order valence-electron chi connectivity index (χ2n) is 7.01. The first-order valence-electron chi connectivity index (χ1n) is 8.83. The van der Waals surface area contributed by atoms with Crippen molar-refractivity contribution in [3.63, 3.8) is 0 Å². The highest BCUT2D eigenvalue weighted by atomic mass is 35.5. The number of nitrogens with zero attached hydrogens (tertiary/aromatic N) is 1. The zero-order chi connectivity index (χ0) is 17.5. The third-order valence-electron chi connectivity index (χ3n) is 4.55. The van der Waals surface area contributed by atoms with Crippen molar-refractivity contribution >= 4 is 29.3 Å². The van der Waals surface area contributed by atoms with Crippen molar-refractivity contribution in [2.45, 2.75) is 38.0 Å². The Morgan fingerprint density at radius 3 is 2.67 bits per heavy atom. The Balaban J connectivity index is 1.70. The number of carbonyl (C=O) groups excluding carboxylic acids is 1. The number of carbonyl (C=O) groups is 1. The summed E-state index contributed by atoms with van der Waals surface area (Å²) >= 11 is 7.75. The Morgan fingerprint density at radius 1 is 1.29 bits per heavy atom. The molecular formula is C19H29ClN2OS. The predicted molar refractivity (Wildman–Crippen MR) is 104 cm³/mol. The highest BCUT2D eigenvalue weighted by Gasteiger charge is 2.21. The van der Waals surface area contributed by atoms with Gasteiger partial charge in [-0.2, -0.15) is 0 Å². The zero-order valence-corrected chi connectivity index (χ0v) is 16.6. The molecule has 2 unspecified atom stereocenters. The van der Waals surface area contributed by atoms with Gasteiger partial charge in [0.15, 0.2) is 0 Å². The smallest absolute Gasteiger partial charge is 0.252 e. The van der Waals surface area contributed by atoms with Crippen LogP contribution in [0.4, 0.5) is 0 Å². The molecule has 1 aliphatic rings. The molecule has 1 aromatic rings. The summed E-state index contributed by atoms with van der Waals surface area (Å²) in [7, 11) is 0. The van der Waals surface area contributed by atoms with Gasteiger partial charge in [0.2, 0.25) is 0 Å². The lowest BCUT2D eigenvalue weighted by Gasteiger charge is -2.34. The number of likely N-dealkylation sites (tertiary alicyclic amines) is 1. The SMILES string of the molecule is CSc1ccc(Cl)c(C(=O)NCCCCN2CC(C)CC(C)C2)c1. The molecule has 2 atom stereocenters. The Morgan fingerprint density at radius 2 is 2.00 bits per heavy atom. The molecule has 0 aromatic heterocycles. The van der Waals surface area contributed by atoms with Crippen molar-refractivity contribution in [1.82, 2.24) is 10.2 Å². The molecule has 0 spiro atoms. The van der Waals surface area contributed by atoms with Crippen LogP contribution in [0.5, 0.6) is 0 Å². The van der Waals surface area contributed by atoms with E-state index in [1.807, 2.05) is 18.4 Å². The second-order valence-corrected chi connectivity index (χ2v) is 8.30. The maximum Gasteiger partial charge on any atom is 0.252 e. The van der Waals surface area contributed by atoms with E-state index >= 15 is 0 Å². The molecule has 1 amide bonds. The van der Waals surface area contributed by atoms with Crippen molar-refractivity contribution in [1.29, 1.82) is 0 Å². The number of thioether (sulfide) groups is 1. The first-order chi connectivity index (χ1) is 11.5. The number of nitrogens with one attached hydrogen (secondary N) is 1. The Labute approximate surface area is 155 Å². The summed E-state index contributed by atoms with van der Waals surface area (Å²) in [5.41, 5.74) is 0.571. The van der Waals surface area contributed by atoms with Crippen LogP contribution < -0.4 is 5.32 Å². The fraction of sp³-hybridized carbons (Fsp3) is 0.632. The van der Waals surface area contributed by atoms with Crippen molar-refractivity contribution in [2.75, 3.05) is 32.4 Å². The van der Waals surface area contributed by atoms with Crippen LogP contribution in [-0.2, 0) is 0 Å². The van der Waals surface area contributed by atoms with Crippen molar-refractivity contribution < 1.29 is 4.79 Å². The molecule has 1 aliphatic heterocycles. The van der Waals surface area contributed by atoms with Crippen molar-refractivity contribution in [3.05, 3.63) is 28.8 Å². The number of amides is 1. The minimum atomic E-state index is -0.0730. The Bertz CT molecular complexity index is 542. The van der Waals surface area contributed by atoms with Crippen LogP contribution in [0.1, 0.15) is 43.5 Å². The molecule has 1 heterocycles. The van der Waals surface area contributed by atoms with Gasteiger partial charge in [0.05, 0.1) is 10.6 Å². The predicted octanol–water partition coefficient (Wildman–Crippen LogP) is 4.55. The molecule has 1 aromatic carbocycles. The zero-order valence-electron chi connectivity index (χ0n) is 15.0. The van der Waals surface area contributed by atoms with Crippen LogP contribution >= 0.6 is 23.4 Å². The summed E-state index contributed by atoms with van der Waals surface area (Å²) in [6.07, 6.45) is 5.47. The van der Waals surface area contributed by atoms with Crippen LogP contribution in [0.3, 0.4) is 0 Å². The normalized spacial score (nSPS) is 21.7. The van der Waals surface area contributed by atoms with Crippen molar-refractivity contribution in [2.24, 2.45) is 11.8 Å². The largest absolute Gasteiger partial charge is 0.352 e. The Hall–Kier alpha value is -0.710. The minimum absolute atomic E-state index is 0.0730. The van der Waals surface area contributed by atoms with E-state index in [0.29, 0.717) is 17.1 Å². The maximum absolute atomic E-state index is 12.3. The standard InChI is InChI=1S/C19H29ClN2OS/c1-14-10-15(2)13-22(12-14)9-5-4-8-21-19(23)17-11-16(24-3)6-7-18(17)20/h6-7,11,14-15H,4-5,8-10,12-13H2,1-3H3,(H,21,23).